The van der Waals surface area contributed by atoms with Gasteiger partial charge in [0.2, 0.25) is 0 Å². The third-order valence-corrected chi connectivity index (χ3v) is 6.12. The number of aromatic nitrogens is 2. The van der Waals surface area contributed by atoms with E-state index in [-0.39, 0.29) is 11.9 Å². The second-order valence-electron chi connectivity index (χ2n) is 7.06. The molecular weight excluding hydrogens is 370 g/mol. The van der Waals surface area contributed by atoms with Crippen LogP contribution in [0.25, 0.3) is 10.6 Å². The average Bonchev–Trinajstić information content (AvgIpc) is 3.44. The summed E-state index contributed by atoms with van der Waals surface area (Å²) in [4.78, 5) is 18.4. The molecule has 28 heavy (non-hydrogen) atoms. The molecule has 0 bridgehead atoms. The van der Waals surface area contributed by atoms with Crippen molar-refractivity contribution in [1.29, 1.82) is 0 Å². The first kappa shape index (κ1) is 18.7. The predicted molar refractivity (Wildman–Crippen MR) is 114 cm³/mol. The van der Waals surface area contributed by atoms with Gasteiger partial charge in [0, 0.05) is 44.5 Å². The van der Waals surface area contributed by atoms with Crippen LogP contribution in [0.1, 0.15) is 17.4 Å². The molecule has 3 heterocycles. The monoisotopic (exact) mass is 395 g/mol. The fourth-order valence-electron chi connectivity index (χ4n) is 3.52. The lowest BCUT2D eigenvalue weighted by Gasteiger charge is -2.39. The summed E-state index contributed by atoms with van der Waals surface area (Å²) in [7, 11) is 0. The summed E-state index contributed by atoms with van der Waals surface area (Å²) >= 11 is 1.62. The zero-order valence-electron chi connectivity index (χ0n) is 16.0. The van der Waals surface area contributed by atoms with Crippen molar-refractivity contribution in [3.05, 3.63) is 59.6 Å². The molecule has 1 fully saturated rings. The molecule has 1 aromatic carbocycles. The number of aromatic amines is 1. The molecule has 1 saturated heterocycles. The quantitative estimate of drug-likeness (QED) is 0.673. The predicted octanol–water partition coefficient (Wildman–Crippen LogP) is 3.08. The van der Waals surface area contributed by atoms with Crippen molar-refractivity contribution in [2.75, 3.05) is 37.6 Å². The number of benzene rings is 1. The maximum Gasteiger partial charge on any atom is 0.271 e. The van der Waals surface area contributed by atoms with Gasteiger partial charge in [-0.2, -0.15) is 5.10 Å². The summed E-state index contributed by atoms with van der Waals surface area (Å²) in [5, 5.41) is 12.1. The normalized spacial score (nSPS) is 16.1. The maximum atomic E-state index is 12.4. The van der Waals surface area contributed by atoms with Crippen LogP contribution in [0, 0.1) is 0 Å². The molecule has 0 saturated carbocycles. The Labute approximate surface area is 169 Å². The Morgan fingerprint density at radius 3 is 2.68 bits per heavy atom. The minimum atomic E-state index is -0.131. The molecule has 3 aromatic rings. The molecule has 1 atom stereocenters. The highest BCUT2D eigenvalue weighted by Gasteiger charge is 2.22. The van der Waals surface area contributed by atoms with Gasteiger partial charge >= 0.3 is 0 Å². The van der Waals surface area contributed by atoms with Crippen LogP contribution in [0.4, 0.5) is 5.69 Å². The van der Waals surface area contributed by atoms with Gasteiger partial charge in [0.1, 0.15) is 0 Å². The van der Waals surface area contributed by atoms with E-state index in [0.29, 0.717) is 12.2 Å². The summed E-state index contributed by atoms with van der Waals surface area (Å²) in [5.41, 5.74) is 2.60. The fourth-order valence-corrected chi connectivity index (χ4v) is 4.21. The van der Waals surface area contributed by atoms with E-state index in [1.807, 2.05) is 29.6 Å². The highest BCUT2D eigenvalue weighted by atomic mass is 32.1. The Morgan fingerprint density at radius 2 is 1.96 bits per heavy atom. The molecular formula is C21H25N5OS. The van der Waals surface area contributed by atoms with Crippen molar-refractivity contribution in [2.45, 2.75) is 13.0 Å². The Bertz CT molecular complexity index is 885. The number of carbonyl (C=O) groups is 1. The van der Waals surface area contributed by atoms with E-state index in [0.717, 1.165) is 36.8 Å². The molecule has 0 spiro atoms. The van der Waals surface area contributed by atoms with Gasteiger partial charge in [-0.1, -0.05) is 24.3 Å². The summed E-state index contributed by atoms with van der Waals surface area (Å²) in [6.07, 6.45) is 0. The molecule has 146 valence electrons. The molecule has 2 N–H and O–H groups in total. The van der Waals surface area contributed by atoms with Gasteiger partial charge in [-0.05, 0) is 36.6 Å². The maximum absolute atomic E-state index is 12.4. The molecule has 4 rings (SSSR count). The van der Waals surface area contributed by atoms with Crippen molar-refractivity contribution in [3.8, 4) is 10.6 Å². The largest absolute Gasteiger partial charge is 0.369 e. The molecule has 1 unspecified atom stereocenters. The minimum absolute atomic E-state index is 0.131. The number of carbonyl (C=O) groups excluding carboxylic acids is 1. The second kappa shape index (κ2) is 8.58. The summed E-state index contributed by atoms with van der Waals surface area (Å²) in [5.74, 6) is -0.131. The summed E-state index contributed by atoms with van der Waals surface area (Å²) < 4.78 is 0. The second-order valence-corrected chi connectivity index (χ2v) is 8.01. The molecule has 6 nitrogen and oxygen atoms in total. The number of nitrogens with zero attached hydrogens (tertiary/aromatic N) is 3. The van der Waals surface area contributed by atoms with Crippen LogP contribution in [0.3, 0.4) is 0 Å². The van der Waals surface area contributed by atoms with E-state index in [1.165, 1.54) is 5.69 Å². The van der Waals surface area contributed by atoms with Crippen LogP contribution in [0.5, 0.6) is 0 Å². The fraction of sp³-hybridized carbons (Fsp3) is 0.333. The lowest BCUT2D eigenvalue weighted by atomic mass is 10.2. The van der Waals surface area contributed by atoms with Gasteiger partial charge in [0.15, 0.2) is 5.69 Å². The van der Waals surface area contributed by atoms with Crippen molar-refractivity contribution in [2.24, 2.45) is 0 Å². The highest BCUT2D eigenvalue weighted by Crippen LogP contribution is 2.23. The van der Waals surface area contributed by atoms with Gasteiger partial charge in [-0.25, -0.2) is 0 Å². The zero-order chi connectivity index (χ0) is 19.3. The molecule has 2 aromatic heterocycles. The van der Waals surface area contributed by atoms with Crippen LogP contribution in [-0.4, -0.2) is 59.8 Å². The average molecular weight is 396 g/mol. The van der Waals surface area contributed by atoms with E-state index < -0.39 is 0 Å². The number of anilines is 1. The SMILES string of the molecule is CC(CNC(=O)c1cc(-c2cccs2)[nH]n1)N1CCN(c2ccccc2)CC1. The summed E-state index contributed by atoms with van der Waals surface area (Å²) in [6, 6.07) is 16.6. The minimum Gasteiger partial charge on any atom is -0.369 e. The first-order valence-corrected chi connectivity index (χ1v) is 10.5. The van der Waals surface area contributed by atoms with Crippen LogP contribution >= 0.6 is 11.3 Å². The number of hydrogen-bond donors (Lipinski definition) is 2. The van der Waals surface area contributed by atoms with E-state index in [2.05, 4.69) is 56.5 Å². The zero-order valence-corrected chi connectivity index (χ0v) is 16.8. The number of thiophene rings is 1. The number of H-pyrrole nitrogens is 1. The first-order chi connectivity index (χ1) is 13.7. The topological polar surface area (TPSA) is 64.3 Å². The van der Waals surface area contributed by atoms with E-state index in [9.17, 15) is 4.79 Å². The molecule has 1 amide bonds. The van der Waals surface area contributed by atoms with Gasteiger partial charge in [-0.15, -0.1) is 11.3 Å². The lowest BCUT2D eigenvalue weighted by Crippen LogP contribution is -2.52. The standard InChI is InChI=1S/C21H25N5OS/c1-16(25-9-11-26(12-10-25)17-6-3-2-4-7-17)15-22-21(27)19-14-18(23-24-19)20-8-5-13-28-20/h2-8,13-14,16H,9-12,15H2,1H3,(H,22,27)(H,23,24). The van der Waals surface area contributed by atoms with Crippen LogP contribution in [0.2, 0.25) is 0 Å². The van der Waals surface area contributed by atoms with Crippen molar-refractivity contribution in [3.63, 3.8) is 0 Å². The Hall–Kier alpha value is -2.64. The van der Waals surface area contributed by atoms with Crippen LogP contribution in [-0.2, 0) is 0 Å². The Kier molecular flexibility index (Phi) is 5.73. The van der Waals surface area contributed by atoms with Gasteiger partial charge in [-0.3, -0.25) is 14.8 Å². The summed E-state index contributed by atoms with van der Waals surface area (Å²) in [6.45, 7) is 6.79. The van der Waals surface area contributed by atoms with Gasteiger partial charge in [0.05, 0.1) is 10.6 Å². The van der Waals surface area contributed by atoms with Crippen LogP contribution in [0.15, 0.2) is 53.9 Å². The number of amides is 1. The van der Waals surface area contributed by atoms with E-state index in [4.69, 9.17) is 0 Å². The van der Waals surface area contributed by atoms with Crippen molar-refractivity contribution < 1.29 is 4.79 Å². The lowest BCUT2D eigenvalue weighted by molar-refractivity contribution is 0.0929. The van der Waals surface area contributed by atoms with E-state index in [1.54, 1.807) is 11.3 Å². The third kappa shape index (κ3) is 4.26. The molecule has 0 radical (unpaired) electrons. The number of piperazine rings is 1. The Balaban J connectivity index is 1.25. The van der Waals surface area contributed by atoms with Crippen molar-refractivity contribution in [1.82, 2.24) is 20.4 Å². The van der Waals surface area contributed by atoms with Crippen LogP contribution < -0.4 is 10.2 Å². The molecule has 1 aliphatic heterocycles. The number of nitrogens with one attached hydrogen (secondary N) is 2. The number of para-hydroxylation sites is 1. The smallest absolute Gasteiger partial charge is 0.271 e. The first-order valence-electron chi connectivity index (χ1n) is 9.62. The molecule has 1 aliphatic rings. The van der Waals surface area contributed by atoms with Gasteiger partial charge in [0.25, 0.3) is 5.91 Å². The highest BCUT2D eigenvalue weighted by molar-refractivity contribution is 7.13. The molecule has 0 aliphatic carbocycles. The Morgan fingerprint density at radius 1 is 1.18 bits per heavy atom. The number of hydrogen-bond acceptors (Lipinski definition) is 5. The third-order valence-electron chi connectivity index (χ3n) is 5.21. The van der Waals surface area contributed by atoms with Crippen molar-refractivity contribution >= 4 is 22.9 Å². The molecule has 7 heteroatoms. The van der Waals surface area contributed by atoms with Gasteiger partial charge < -0.3 is 10.2 Å². The van der Waals surface area contributed by atoms with E-state index >= 15 is 0 Å². The number of rotatable bonds is 6.